The minimum absolute atomic E-state index is 0.268. The normalized spacial score (nSPS) is 14.3. The average molecular weight is 340 g/mol. The largest absolute Gasteiger partial charge is 0.326 e. The molecule has 1 atom stereocenters. The zero-order valence-corrected chi connectivity index (χ0v) is 16.3. The van der Waals surface area contributed by atoms with Crippen molar-refractivity contribution in [2.45, 2.75) is 66.4 Å². The zero-order valence-electron chi connectivity index (χ0n) is 14.5. The maximum Gasteiger partial charge on any atom is 0.203 e. The summed E-state index contributed by atoms with van der Waals surface area (Å²) in [7, 11) is -5.10. The van der Waals surface area contributed by atoms with E-state index in [0.717, 1.165) is 25.7 Å². The highest BCUT2D eigenvalue weighted by Gasteiger charge is 2.26. The van der Waals surface area contributed by atoms with Gasteiger partial charge in [-0.05, 0) is 32.6 Å². The fraction of sp³-hybridized carbons (Fsp3) is 1.00. The van der Waals surface area contributed by atoms with Gasteiger partial charge >= 0.3 is 0 Å². The Bertz CT molecular complexity index is 338. The zero-order chi connectivity index (χ0) is 16.4. The molecule has 0 bridgehead atoms. The second-order valence-electron chi connectivity index (χ2n) is 5.74. The van der Waals surface area contributed by atoms with Gasteiger partial charge in [0.2, 0.25) is 14.7 Å². The van der Waals surface area contributed by atoms with Crippen molar-refractivity contribution in [1.29, 1.82) is 0 Å². The lowest BCUT2D eigenvalue weighted by atomic mass is 10.5. The van der Waals surface area contributed by atoms with Crippen molar-refractivity contribution in [2.24, 2.45) is 0 Å². The predicted molar refractivity (Wildman–Crippen MR) is 92.3 cm³/mol. The summed E-state index contributed by atoms with van der Waals surface area (Å²) in [5, 5.41) is 0. The molecule has 0 saturated carbocycles. The van der Waals surface area contributed by atoms with Gasteiger partial charge in [-0.25, -0.2) is 0 Å². The summed E-state index contributed by atoms with van der Waals surface area (Å²) in [6.45, 7) is 10.2. The fourth-order valence-corrected chi connectivity index (χ4v) is 7.26. The summed E-state index contributed by atoms with van der Waals surface area (Å²) in [5.74, 6) is 0. The van der Waals surface area contributed by atoms with Crippen molar-refractivity contribution in [3.05, 3.63) is 0 Å². The second kappa shape index (κ2) is 11.0. The quantitative estimate of drug-likeness (QED) is 0.409. The third kappa shape index (κ3) is 9.18. The monoisotopic (exact) mass is 340 g/mol. The first kappa shape index (κ1) is 21.4. The molecule has 0 spiro atoms. The van der Waals surface area contributed by atoms with Gasteiger partial charge in [-0.15, -0.1) is 0 Å². The van der Waals surface area contributed by atoms with Crippen molar-refractivity contribution < 1.29 is 18.2 Å². The maximum atomic E-state index is 12.7. The van der Waals surface area contributed by atoms with Crippen LogP contribution in [0.15, 0.2) is 0 Å². The molecular formula is C15H34O4P2. The first-order valence-electron chi connectivity index (χ1n) is 8.33. The van der Waals surface area contributed by atoms with E-state index in [2.05, 4.69) is 0 Å². The molecule has 0 aromatic rings. The van der Waals surface area contributed by atoms with Crippen LogP contribution in [0.3, 0.4) is 0 Å². The Kier molecular flexibility index (Phi) is 11.2. The van der Waals surface area contributed by atoms with Crippen molar-refractivity contribution in [2.75, 3.05) is 31.3 Å². The van der Waals surface area contributed by atoms with Crippen LogP contribution in [-0.2, 0) is 18.2 Å². The molecule has 0 fully saturated rings. The lowest BCUT2D eigenvalue weighted by Crippen LogP contribution is -2.17. The predicted octanol–water partition coefficient (Wildman–Crippen LogP) is 5.60. The Morgan fingerprint density at radius 1 is 0.762 bits per heavy atom. The smallest absolute Gasteiger partial charge is 0.203 e. The van der Waals surface area contributed by atoms with Gasteiger partial charge < -0.3 is 9.05 Å². The highest BCUT2D eigenvalue weighted by molar-refractivity contribution is 7.59. The lowest BCUT2D eigenvalue weighted by Gasteiger charge is -2.24. The molecule has 0 aliphatic rings. The standard InChI is InChI=1S/C15H34O4P2/c1-6-10-20(16,11-7-2)18-14-15(5)19-21(17,12-8-3)13-9-4/h15H,6-14H2,1-5H3. The molecule has 4 nitrogen and oxygen atoms in total. The third-order valence-electron chi connectivity index (χ3n) is 3.17. The molecule has 0 aromatic heterocycles. The second-order valence-corrected chi connectivity index (χ2v) is 11.3. The molecule has 0 aliphatic carbocycles. The molecule has 0 rings (SSSR count). The molecule has 0 aliphatic heterocycles. The Morgan fingerprint density at radius 3 is 1.52 bits per heavy atom. The Labute approximate surface area is 131 Å². The first-order valence-corrected chi connectivity index (χ1v) is 12.3. The van der Waals surface area contributed by atoms with E-state index < -0.39 is 14.7 Å². The molecule has 0 heterocycles. The Balaban J connectivity index is 4.49. The van der Waals surface area contributed by atoms with Crippen LogP contribution in [0.5, 0.6) is 0 Å². The van der Waals surface area contributed by atoms with Crippen LogP contribution < -0.4 is 0 Å². The van der Waals surface area contributed by atoms with Crippen LogP contribution in [0.2, 0.25) is 0 Å². The van der Waals surface area contributed by atoms with E-state index in [1.165, 1.54) is 0 Å². The highest BCUT2D eigenvalue weighted by atomic mass is 31.2. The molecule has 0 N–H and O–H groups in total. The first-order chi connectivity index (χ1) is 9.84. The molecule has 0 radical (unpaired) electrons. The Morgan fingerprint density at radius 2 is 1.14 bits per heavy atom. The van der Waals surface area contributed by atoms with Crippen molar-refractivity contribution in [3.8, 4) is 0 Å². The molecule has 128 valence electrons. The molecule has 0 saturated heterocycles. The van der Waals surface area contributed by atoms with Crippen molar-refractivity contribution >= 4 is 14.7 Å². The minimum atomic E-state index is -2.56. The van der Waals surface area contributed by atoms with E-state index in [-0.39, 0.29) is 12.7 Å². The van der Waals surface area contributed by atoms with Crippen LogP contribution in [0.4, 0.5) is 0 Å². The summed E-state index contributed by atoms with van der Waals surface area (Å²) in [6, 6.07) is 0. The Hall–Kier alpha value is 0.380. The van der Waals surface area contributed by atoms with E-state index in [4.69, 9.17) is 9.05 Å². The topological polar surface area (TPSA) is 52.6 Å². The van der Waals surface area contributed by atoms with Gasteiger partial charge in [-0.3, -0.25) is 9.13 Å². The van der Waals surface area contributed by atoms with E-state index in [1.807, 2.05) is 34.6 Å². The average Bonchev–Trinajstić information content (AvgIpc) is 2.37. The molecular weight excluding hydrogens is 306 g/mol. The van der Waals surface area contributed by atoms with Crippen LogP contribution in [0, 0.1) is 0 Å². The van der Waals surface area contributed by atoms with E-state index >= 15 is 0 Å². The van der Waals surface area contributed by atoms with Crippen molar-refractivity contribution in [3.63, 3.8) is 0 Å². The van der Waals surface area contributed by atoms with Crippen LogP contribution >= 0.6 is 14.7 Å². The fourth-order valence-electron chi connectivity index (χ4n) is 2.42. The maximum absolute atomic E-state index is 12.7. The van der Waals surface area contributed by atoms with Crippen LogP contribution in [-0.4, -0.2) is 37.4 Å². The summed E-state index contributed by atoms with van der Waals surface area (Å²) in [6.07, 6.45) is 5.64. The van der Waals surface area contributed by atoms with E-state index in [1.54, 1.807) is 0 Å². The van der Waals surface area contributed by atoms with E-state index in [9.17, 15) is 9.13 Å². The van der Waals surface area contributed by atoms with Gasteiger partial charge in [0.15, 0.2) is 0 Å². The molecule has 1 unspecified atom stereocenters. The molecule has 21 heavy (non-hydrogen) atoms. The lowest BCUT2D eigenvalue weighted by molar-refractivity contribution is 0.146. The molecule has 0 aromatic carbocycles. The summed E-state index contributed by atoms with van der Waals surface area (Å²) < 4.78 is 36.7. The van der Waals surface area contributed by atoms with Crippen LogP contribution in [0.1, 0.15) is 60.3 Å². The highest BCUT2D eigenvalue weighted by Crippen LogP contribution is 2.51. The van der Waals surface area contributed by atoms with Crippen molar-refractivity contribution in [1.82, 2.24) is 0 Å². The SMILES string of the molecule is CCCP(=O)(CCC)OCC(C)OP(=O)(CCC)CCC. The van der Waals surface area contributed by atoms with Gasteiger partial charge in [0.05, 0.1) is 12.7 Å². The summed E-state index contributed by atoms with van der Waals surface area (Å²) in [5.41, 5.74) is 0. The molecule has 6 heteroatoms. The van der Waals surface area contributed by atoms with E-state index in [0.29, 0.717) is 24.6 Å². The number of hydrogen-bond acceptors (Lipinski definition) is 4. The molecule has 0 amide bonds. The van der Waals surface area contributed by atoms with Gasteiger partial charge in [-0.2, -0.15) is 0 Å². The van der Waals surface area contributed by atoms with Gasteiger partial charge in [-0.1, -0.05) is 27.7 Å². The summed E-state index contributed by atoms with van der Waals surface area (Å²) >= 11 is 0. The van der Waals surface area contributed by atoms with Gasteiger partial charge in [0, 0.05) is 24.6 Å². The van der Waals surface area contributed by atoms with Crippen LogP contribution in [0.25, 0.3) is 0 Å². The number of rotatable bonds is 13. The van der Waals surface area contributed by atoms with Gasteiger partial charge in [0.1, 0.15) is 0 Å². The number of hydrogen-bond donors (Lipinski definition) is 0. The summed E-state index contributed by atoms with van der Waals surface area (Å²) in [4.78, 5) is 0. The van der Waals surface area contributed by atoms with Gasteiger partial charge in [0.25, 0.3) is 0 Å². The minimum Gasteiger partial charge on any atom is -0.326 e. The third-order valence-corrected chi connectivity index (χ3v) is 9.05.